The van der Waals surface area contributed by atoms with Crippen molar-refractivity contribution in [2.24, 2.45) is 11.3 Å². The summed E-state index contributed by atoms with van der Waals surface area (Å²) in [6, 6.07) is 0. The van der Waals surface area contributed by atoms with Crippen LogP contribution in [-0.2, 0) is 14.3 Å². The van der Waals surface area contributed by atoms with Gasteiger partial charge in [0.2, 0.25) is 5.91 Å². The normalized spacial score (nSPS) is 33.1. The van der Waals surface area contributed by atoms with Crippen molar-refractivity contribution in [1.29, 1.82) is 0 Å². The Morgan fingerprint density at radius 3 is 2.55 bits per heavy atom. The van der Waals surface area contributed by atoms with Gasteiger partial charge in [-0.1, -0.05) is 39.0 Å². The van der Waals surface area contributed by atoms with E-state index in [0.717, 1.165) is 25.7 Å². The van der Waals surface area contributed by atoms with Crippen LogP contribution in [0.5, 0.6) is 0 Å². The first kappa shape index (κ1) is 17.3. The van der Waals surface area contributed by atoms with Crippen LogP contribution in [0.15, 0.2) is 0 Å². The average Bonchev–Trinajstić information content (AvgIpc) is 3.06. The van der Waals surface area contributed by atoms with Crippen molar-refractivity contribution in [1.82, 2.24) is 5.32 Å². The molecular weight excluding hydrogens is 282 g/mol. The molecule has 0 aliphatic carbocycles. The molecule has 2 heterocycles. The third-order valence-corrected chi connectivity index (χ3v) is 5.31. The van der Waals surface area contributed by atoms with Crippen molar-refractivity contribution in [2.75, 3.05) is 6.54 Å². The molecule has 2 bridgehead atoms. The summed E-state index contributed by atoms with van der Waals surface area (Å²) in [6.07, 6.45) is 8.02. The molecule has 2 N–H and O–H groups in total. The zero-order valence-electron chi connectivity index (χ0n) is 13.8. The molecule has 1 amide bonds. The van der Waals surface area contributed by atoms with Gasteiger partial charge in [0, 0.05) is 6.54 Å². The molecule has 2 aliphatic rings. The summed E-state index contributed by atoms with van der Waals surface area (Å²) in [5.41, 5.74) is -1.08. The minimum atomic E-state index is -1.08. The number of rotatable bonds is 9. The van der Waals surface area contributed by atoms with Crippen molar-refractivity contribution in [3.05, 3.63) is 0 Å². The predicted molar refractivity (Wildman–Crippen MR) is 83.5 cm³/mol. The minimum Gasteiger partial charge on any atom is -0.481 e. The van der Waals surface area contributed by atoms with Crippen LogP contribution in [0.3, 0.4) is 0 Å². The van der Waals surface area contributed by atoms with Gasteiger partial charge in [0.1, 0.15) is 5.41 Å². The molecule has 2 aliphatic heterocycles. The monoisotopic (exact) mass is 311 g/mol. The number of amides is 1. The summed E-state index contributed by atoms with van der Waals surface area (Å²) in [5, 5.41) is 12.5. The van der Waals surface area contributed by atoms with Crippen LogP contribution in [-0.4, -0.2) is 35.7 Å². The lowest BCUT2D eigenvalue weighted by atomic mass is 9.67. The van der Waals surface area contributed by atoms with Gasteiger partial charge in [-0.3, -0.25) is 9.59 Å². The smallest absolute Gasteiger partial charge is 0.312 e. The summed E-state index contributed by atoms with van der Waals surface area (Å²) in [7, 11) is 0. The van der Waals surface area contributed by atoms with Gasteiger partial charge in [0.15, 0.2) is 0 Å². The molecule has 0 spiro atoms. The van der Waals surface area contributed by atoms with Crippen LogP contribution >= 0.6 is 0 Å². The largest absolute Gasteiger partial charge is 0.481 e. The van der Waals surface area contributed by atoms with E-state index in [2.05, 4.69) is 12.2 Å². The molecular formula is C17H29NO4. The maximum absolute atomic E-state index is 12.4. The number of unbranched alkanes of at least 4 members (excludes halogenated alkanes) is 5. The topological polar surface area (TPSA) is 75.6 Å². The molecule has 2 fully saturated rings. The summed E-state index contributed by atoms with van der Waals surface area (Å²) < 4.78 is 5.71. The van der Waals surface area contributed by atoms with Gasteiger partial charge in [-0.05, 0) is 26.2 Å². The number of carbonyl (C=O) groups excluding carboxylic acids is 1. The molecule has 126 valence electrons. The lowest BCUT2D eigenvalue weighted by Gasteiger charge is -2.33. The molecule has 0 saturated carbocycles. The maximum Gasteiger partial charge on any atom is 0.312 e. The predicted octanol–water partition coefficient (Wildman–Crippen LogP) is 2.73. The number of aliphatic carboxylic acids is 1. The summed E-state index contributed by atoms with van der Waals surface area (Å²) in [4.78, 5) is 24.1. The van der Waals surface area contributed by atoms with Gasteiger partial charge >= 0.3 is 5.97 Å². The van der Waals surface area contributed by atoms with Crippen LogP contribution < -0.4 is 5.32 Å². The number of carboxylic acid groups (broad SMARTS) is 1. The van der Waals surface area contributed by atoms with Gasteiger partial charge in [-0.25, -0.2) is 0 Å². The van der Waals surface area contributed by atoms with Gasteiger partial charge in [-0.2, -0.15) is 0 Å². The Morgan fingerprint density at radius 2 is 1.86 bits per heavy atom. The van der Waals surface area contributed by atoms with Crippen LogP contribution in [0.1, 0.15) is 65.2 Å². The highest BCUT2D eigenvalue weighted by Gasteiger charge is 2.63. The molecule has 0 radical (unpaired) electrons. The Kier molecular flexibility index (Phi) is 5.84. The Bertz CT molecular complexity index is 411. The van der Waals surface area contributed by atoms with Crippen LogP contribution in [0.4, 0.5) is 0 Å². The third kappa shape index (κ3) is 3.29. The first-order valence-electron chi connectivity index (χ1n) is 8.68. The van der Waals surface area contributed by atoms with Crippen LogP contribution in [0.2, 0.25) is 0 Å². The minimum absolute atomic E-state index is 0.148. The molecule has 2 rings (SSSR count). The second-order valence-electron chi connectivity index (χ2n) is 6.86. The molecule has 0 aromatic heterocycles. The Morgan fingerprint density at radius 1 is 1.18 bits per heavy atom. The van der Waals surface area contributed by atoms with Gasteiger partial charge < -0.3 is 15.2 Å². The van der Waals surface area contributed by atoms with Crippen molar-refractivity contribution in [3.63, 3.8) is 0 Å². The van der Waals surface area contributed by atoms with Crippen LogP contribution in [0.25, 0.3) is 0 Å². The quantitative estimate of drug-likeness (QED) is 0.642. The standard InChI is InChI=1S/C17H29NO4/c1-3-4-5-6-7-8-11-18-15(19)14-12-9-10-13(22-12)17(14,2)16(20)21/h12-14H,3-11H2,1-2H3,(H,18,19)(H,20,21)/t12-,13+,14?,17?/m1/s1. The first-order chi connectivity index (χ1) is 10.5. The summed E-state index contributed by atoms with van der Waals surface area (Å²) in [5.74, 6) is -1.62. The van der Waals surface area contributed by atoms with Crippen molar-refractivity contribution in [3.8, 4) is 0 Å². The lowest BCUT2D eigenvalue weighted by Crippen LogP contribution is -2.51. The Labute approximate surface area is 132 Å². The number of ether oxygens (including phenoxy) is 1. The second-order valence-corrected chi connectivity index (χ2v) is 6.86. The fourth-order valence-corrected chi connectivity index (χ4v) is 3.87. The molecule has 5 nitrogen and oxygen atoms in total. The van der Waals surface area contributed by atoms with Gasteiger partial charge in [-0.15, -0.1) is 0 Å². The highest BCUT2D eigenvalue weighted by molar-refractivity contribution is 5.89. The van der Waals surface area contributed by atoms with E-state index in [1.54, 1.807) is 6.92 Å². The average molecular weight is 311 g/mol. The fraction of sp³-hybridized carbons (Fsp3) is 0.882. The van der Waals surface area contributed by atoms with E-state index in [-0.39, 0.29) is 18.1 Å². The third-order valence-electron chi connectivity index (χ3n) is 5.31. The van der Waals surface area contributed by atoms with Crippen LogP contribution in [0, 0.1) is 11.3 Å². The Balaban J connectivity index is 1.78. The number of carbonyl (C=O) groups is 2. The molecule has 0 aromatic rings. The SMILES string of the molecule is CCCCCCCCNC(=O)C1[C@H]2CC[C@H](O2)C1(C)C(=O)O. The lowest BCUT2D eigenvalue weighted by molar-refractivity contribution is -0.156. The van der Waals surface area contributed by atoms with Crippen molar-refractivity contribution < 1.29 is 19.4 Å². The highest BCUT2D eigenvalue weighted by atomic mass is 16.5. The van der Waals surface area contributed by atoms with E-state index in [1.807, 2.05) is 0 Å². The number of nitrogens with one attached hydrogen (secondary N) is 1. The number of hydrogen-bond donors (Lipinski definition) is 2. The van der Waals surface area contributed by atoms with Crippen molar-refractivity contribution in [2.45, 2.75) is 77.4 Å². The second kappa shape index (κ2) is 7.44. The van der Waals surface area contributed by atoms with E-state index in [4.69, 9.17) is 4.74 Å². The molecule has 22 heavy (non-hydrogen) atoms. The van der Waals surface area contributed by atoms with E-state index >= 15 is 0 Å². The summed E-state index contributed by atoms with van der Waals surface area (Å²) in [6.45, 7) is 4.49. The first-order valence-corrected chi connectivity index (χ1v) is 8.68. The molecule has 2 unspecified atom stereocenters. The zero-order chi connectivity index (χ0) is 16.2. The summed E-state index contributed by atoms with van der Waals surface area (Å²) >= 11 is 0. The number of carboxylic acids is 1. The van der Waals surface area contributed by atoms with Gasteiger partial charge in [0.25, 0.3) is 0 Å². The van der Waals surface area contributed by atoms with Gasteiger partial charge in [0.05, 0.1) is 18.1 Å². The molecule has 4 atom stereocenters. The van der Waals surface area contributed by atoms with E-state index in [1.165, 1.54) is 25.7 Å². The molecule has 0 aromatic carbocycles. The van der Waals surface area contributed by atoms with E-state index in [0.29, 0.717) is 6.54 Å². The molecule has 5 heteroatoms. The van der Waals surface area contributed by atoms with E-state index < -0.39 is 17.3 Å². The highest BCUT2D eigenvalue weighted by Crippen LogP contribution is 2.52. The Hall–Kier alpha value is -1.10. The van der Waals surface area contributed by atoms with Crippen molar-refractivity contribution >= 4 is 11.9 Å². The van der Waals surface area contributed by atoms with E-state index in [9.17, 15) is 14.7 Å². The fourth-order valence-electron chi connectivity index (χ4n) is 3.87. The molecule has 2 saturated heterocycles. The maximum atomic E-state index is 12.4. The zero-order valence-corrected chi connectivity index (χ0v) is 13.8. The number of fused-ring (bicyclic) bond motifs is 2. The number of hydrogen-bond acceptors (Lipinski definition) is 3.